The number of hydrogen-bond acceptors (Lipinski definition) is 3. The van der Waals surface area contributed by atoms with Gasteiger partial charge in [-0.15, -0.1) is 0 Å². The van der Waals surface area contributed by atoms with E-state index < -0.39 is 0 Å². The largest absolute Gasteiger partial charge is 0.496 e. The van der Waals surface area contributed by atoms with Crippen molar-refractivity contribution < 1.29 is 9.47 Å². The van der Waals surface area contributed by atoms with Gasteiger partial charge in [0.15, 0.2) is 0 Å². The molecule has 0 N–H and O–H groups in total. The second kappa shape index (κ2) is 6.97. The van der Waals surface area contributed by atoms with Crippen molar-refractivity contribution in [2.75, 3.05) is 7.11 Å². The van der Waals surface area contributed by atoms with Crippen LogP contribution in [-0.2, 0) is 11.9 Å². The van der Waals surface area contributed by atoms with Crippen LogP contribution < -0.4 is 9.47 Å². The molecule has 102 valence electrons. The topological polar surface area (TPSA) is 42.2 Å². The van der Waals surface area contributed by atoms with Gasteiger partial charge in [0, 0.05) is 16.5 Å². The molecule has 0 aliphatic heterocycles. The van der Waals surface area contributed by atoms with Gasteiger partial charge in [0.05, 0.1) is 18.7 Å². The van der Waals surface area contributed by atoms with Gasteiger partial charge in [-0.25, -0.2) is 0 Å². The molecule has 0 heterocycles. The fourth-order valence-electron chi connectivity index (χ4n) is 1.87. The average molecular weight is 332 g/mol. The molecule has 2 aromatic rings. The van der Waals surface area contributed by atoms with Gasteiger partial charge in [0.1, 0.15) is 18.1 Å². The standard InChI is InChI=1S/C16H14BrNO2/c1-19-15-7-6-12(10-18)8-14(15)11-20-16-5-3-2-4-13(16)9-17/h2-8H,9,11H2,1H3. The third kappa shape index (κ3) is 3.31. The van der Waals surface area contributed by atoms with Crippen molar-refractivity contribution in [3.05, 3.63) is 59.2 Å². The van der Waals surface area contributed by atoms with Crippen molar-refractivity contribution in [2.24, 2.45) is 0 Å². The van der Waals surface area contributed by atoms with Crippen molar-refractivity contribution in [1.29, 1.82) is 5.26 Å². The second-order valence-electron chi connectivity index (χ2n) is 4.17. The normalized spacial score (nSPS) is 9.85. The zero-order chi connectivity index (χ0) is 14.4. The highest BCUT2D eigenvalue weighted by molar-refractivity contribution is 9.08. The molecule has 0 aromatic heterocycles. The van der Waals surface area contributed by atoms with Gasteiger partial charge >= 0.3 is 0 Å². The van der Waals surface area contributed by atoms with E-state index in [1.807, 2.05) is 24.3 Å². The summed E-state index contributed by atoms with van der Waals surface area (Å²) in [6, 6.07) is 15.3. The number of ether oxygens (including phenoxy) is 2. The van der Waals surface area contributed by atoms with E-state index in [4.69, 9.17) is 14.7 Å². The quantitative estimate of drug-likeness (QED) is 0.776. The van der Waals surface area contributed by atoms with Crippen LogP contribution in [0.25, 0.3) is 0 Å². The number of halogens is 1. The Bertz CT molecular complexity index is 635. The minimum atomic E-state index is 0.364. The Morgan fingerprint density at radius 3 is 2.60 bits per heavy atom. The van der Waals surface area contributed by atoms with Gasteiger partial charge in [-0.2, -0.15) is 5.26 Å². The summed E-state index contributed by atoms with van der Waals surface area (Å²) in [7, 11) is 1.61. The monoisotopic (exact) mass is 331 g/mol. The van der Waals surface area contributed by atoms with Gasteiger partial charge in [0.25, 0.3) is 0 Å². The van der Waals surface area contributed by atoms with Crippen LogP contribution >= 0.6 is 15.9 Å². The van der Waals surface area contributed by atoms with E-state index in [1.165, 1.54) is 0 Å². The van der Waals surface area contributed by atoms with E-state index in [0.29, 0.717) is 12.2 Å². The minimum absolute atomic E-state index is 0.364. The van der Waals surface area contributed by atoms with Crippen LogP contribution in [0.1, 0.15) is 16.7 Å². The van der Waals surface area contributed by atoms with Crippen LogP contribution in [0.5, 0.6) is 11.5 Å². The van der Waals surface area contributed by atoms with Crippen LogP contribution in [0.15, 0.2) is 42.5 Å². The SMILES string of the molecule is COc1ccc(C#N)cc1COc1ccccc1CBr. The summed E-state index contributed by atoms with van der Waals surface area (Å²) in [6.45, 7) is 0.364. The zero-order valence-electron chi connectivity index (χ0n) is 11.1. The number of nitrogens with zero attached hydrogens (tertiary/aromatic N) is 1. The van der Waals surface area contributed by atoms with Crippen LogP contribution in [0.2, 0.25) is 0 Å². The fraction of sp³-hybridized carbons (Fsp3) is 0.188. The van der Waals surface area contributed by atoms with Crippen molar-refractivity contribution in [1.82, 2.24) is 0 Å². The summed E-state index contributed by atoms with van der Waals surface area (Å²) in [4.78, 5) is 0. The van der Waals surface area contributed by atoms with E-state index in [2.05, 4.69) is 22.0 Å². The van der Waals surface area contributed by atoms with E-state index in [0.717, 1.165) is 28.0 Å². The molecule has 3 nitrogen and oxygen atoms in total. The average Bonchev–Trinajstić information content (AvgIpc) is 2.52. The summed E-state index contributed by atoms with van der Waals surface area (Å²) in [5.74, 6) is 1.55. The van der Waals surface area contributed by atoms with Gasteiger partial charge in [0.2, 0.25) is 0 Å². The number of rotatable bonds is 5. The summed E-state index contributed by atoms with van der Waals surface area (Å²) in [5, 5.41) is 9.69. The predicted octanol–water partition coefficient (Wildman–Crippen LogP) is 4.04. The van der Waals surface area contributed by atoms with Crippen molar-refractivity contribution in [2.45, 2.75) is 11.9 Å². The van der Waals surface area contributed by atoms with Crippen LogP contribution in [-0.4, -0.2) is 7.11 Å². The molecule has 2 aromatic carbocycles. The summed E-state index contributed by atoms with van der Waals surface area (Å²) in [6.07, 6.45) is 0. The number of hydrogen-bond donors (Lipinski definition) is 0. The lowest BCUT2D eigenvalue weighted by Crippen LogP contribution is -2.01. The number of alkyl halides is 1. The van der Waals surface area contributed by atoms with E-state index in [1.54, 1.807) is 25.3 Å². The molecular weight excluding hydrogens is 318 g/mol. The Morgan fingerprint density at radius 1 is 1.10 bits per heavy atom. The van der Waals surface area contributed by atoms with Crippen LogP contribution in [0.4, 0.5) is 0 Å². The molecule has 0 saturated heterocycles. The van der Waals surface area contributed by atoms with Gasteiger partial charge in [-0.1, -0.05) is 34.1 Å². The lowest BCUT2D eigenvalue weighted by Gasteiger charge is -2.12. The molecule has 0 atom stereocenters. The molecule has 0 radical (unpaired) electrons. The Morgan fingerprint density at radius 2 is 1.90 bits per heavy atom. The van der Waals surface area contributed by atoms with Crippen LogP contribution in [0.3, 0.4) is 0 Å². The minimum Gasteiger partial charge on any atom is -0.496 e. The maximum absolute atomic E-state index is 8.96. The summed E-state index contributed by atoms with van der Waals surface area (Å²) >= 11 is 3.44. The molecule has 2 rings (SSSR count). The Balaban J connectivity index is 2.20. The number of para-hydroxylation sites is 1. The summed E-state index contributed by atoms with van der Waals surface area (Å²) < 4.78 is 11.1. The molecule has 20 heavy (non-hydrogen) atoms. The Hall–Kier alpha value is -1.99. The zero-order valence-corrected chi connectivity index (χ0v) is 12.7. The van der Waals surface area contributed by atoms with Gasteiger partial charge in [-0.05, 0) is 24.3 Å². The van der Waals surface area contributed by atoms with E-state index in [9.17, 15) is 0 Å². The highest BCUT2D eigenvalue weighted by atomic mass is 79.9. The first-order chi connectivity index (χ1) is 9.78. The fourth-order valence-corrected chi connectivity index (χ4v) is 2.33. The molecule has 0 aliphatic carbocycles. The summed E-state index contributed by atoms with van der Waals surface area (Å²) in [5.41, 5.74) is 2.54. The third-order valence-electron chi connectivity index (χ3n) is 2.91. The molecule has 0 spiro atoms. The first-order valence-electron chi connectivity index (χ1n) is 6.12. The molecule has 0 aliphatic rings. The maximum atomic E-state index is 8.96. The van der Waals surface area contributed by atoms with E-state index >= 15 is 0 Å². The molecule has 0 fully saturated rings. The lowest BCUT2D eigenvalue weighted by atomic mass is 10.1. The van der Waals surface area contributed by atoms with Crippen LogP contribution in [0, 0.1) is 11.3 Å². The van der Waals surface area contributed by atoms with Crippen molar-refractivity contribution >= 4 is 15.9 Å². The molecule has 0 unspecified atom stereocenters. The number of methoxy groups -OCH3 is 1. The number of benzene rings is 2. The molecule has 0 saturated carbocycles. The third-order valence-corrected chi connectivity index (χ3v) is 3.51. The smallest absolute Gasteiger partial charge is 0.125 e. The van der Waals surface area contributed by atoms with E-state index in [-0.39, 0.29) is 0 Å². The highest BCUT2D eigenvalue weighted by Crippen LogP contribution is 2.25. The van der Waals surface area contributed by atoms with Gasteiger partial charge < -0.3 is 9.47 Å². The lowest BCUT2D eigenvalue weighted by molar-refractivity contribution is 0.294. The molecule has 0 amide bonds. The Labute approximate surface area is 126 Å². The van der Waals surface area contributed by atoms with Crippen molar-refractivity contribution in [3.63, 3.8) is 0 Å². The van der Waals surface area contributed by atoms with Gasteiger partial charge in [-0.3, -0.25) is 0 Å². The predicted molar refractivity (Wildman–Crippen MR) is 81.1 cm³/mol. The Kier molecular flexibility index (Phi) is 5.03. The number of nitriles is 1. The first kappa shape index (κ1) is 14.4. The highest BCUT2D eigenvalue weighted by Gasteiger charge is 2.07. The molecular formula is C16H14BrNO2. The molecule has 0 bridgehead atoms. The van der Waals surface area contributed by atoms with Crippen molar-refractivity contribution in [3.8, 4) is 17.6 Å². The maximum Gasteiger partial charge on any atom is 0.125 e. The first-order valence-corrected chi connectivity index (χ1v) is 7.24. The molecule has 4 heteroatoms. The second-order valence-corrected chi connectivity index (χ2v) is 4.73.